The number of anilines is 1. The molecule has 1 N–H and O–H groups in total. The van der Waals surface area contributed by atoms with E-state index in [2.05, 4.69) is 5.32 Å². The third-order valence-corrected chi connectivity index (χ3v) is 3.56. The molecule has 1 aliphatic heterocycles. The van der Waals surface area contributed by atoms with E-state index in [-0.39, 0.29) is 5.91 Å². The average molecular weight is 262 g/mol. The highest BCUT2D eigenvalue weighted by Gasteiger charge is 2.23. The van der Waals surface area contributed by atoms with Crippen molar-refractivity contribution in [2.45, 2.75) is 0 Å². The van der Waals surface area contributed by atoms with Crippen molar-refractivity contribution in [3.8, 4) is 0 Å². The van der Waals surface area contributed by atoms with Gasteiger partial charge in [-0.2, -0.15) is 11.3 Å². The minimum absolute atomic E-state index is 0.0755. The summed E-state index contributed by atoms with van der Waals surface area (Å²) in [5.74, 6) is -0.0755. The fraction of sp³-hybridized carbons (Fsp3) is 0. The molecule has 2 heterocycles. The molecular weight excluding hydrogens is 254 g/mol. The monoisotopic (exact) mass is 261 g/mol. The van der Waals surface area contributed by atoms with Gasteiger partial charge in [-0.3, -0.25) is 4.79 Å². The van der Waals surface area contributed by atoms with Crippen molar-refractivity contribution in [2.24, 2.45) is 0 Å². The molecule has 84 valence electrons. The van der Waals surface area contributed by atoms with Crippen LogP contribution < -0.4 is 5.32 Å². The molecule has 0 spiro atoms. The van der Waals surface area contributed by atoms with Crippen molar-refractivity contribution in [3.05, 3.63) is 51.2 Å². The van der Waals surface area contributed by atoms with Gasteiger partial charge in [-0.25, -0.2) is 0 Å². The molecule has 1 aromatic heterocycles. The van der Waals surface area contributed by atoms with E-state index < -0.39 is 0 Å². The van der Waals surface area contributed by atoms with Crippen LogP contribution in [0.25, 0.3) is 11.6 Å². The lowest BCUT2D eigenvalue weighted by Crippen LogP contribution is -2.03. The molecular formula is C13H8ClNOS. The summed E-state index contributed by atoms with van der Waals surface area (Å²) in [5, 5.41) is 7.45. The van der Waals surface area contributed by atoms with Crippen molar-refractivity contribution in [1.82, 2.24) is 0 Å². The lowest BCUT2D eigenvalue weighted by molar-refractivity contribution is -0.110. The van der Waals surface area contributed by atoms with E-state index in [1.165, 1.54) is 0 Å². The molecule has 0 atom stereocenters. The number of hydrogen-bond donors (Lipinski definition) is 1. The number of fused-ring (bicyclic) bond motifs is 1. The van der Waals surface area contributed by atoms with Gasteiger partial charge in [0.25, 0.3) is 5.91 Å². The fourth-order valence-corrected chi connectivity index (χ4v) is 2.62. The predicted octanol–water partition coefficient (Wildman–Crippen LogP) is 3.89. The van der Waals surface area contributed by atoms with Crippen molar-refractivity contribution in [2.75, 3.05) is 5.32 Å². The highest BCUT2D eigenvalue weighted by atomic mass is 35.5. The zero-order chi connectivity index (χ0) is 11.8. The van der Waals surface area contributed by atoms with E-state index in [0.717, 1.165) is 16.8 Å². The second-order valence-corrected chi connectivity index (χ2v) is 4.98. The first kappa shape index (κ1) is 10.6. The molecule has 4 heteroatoms. The van der Waals surface area contributed by atoms with Gasteiger partial charge in [-0.1, -0.05) is 11.6 Å². The number of carbonyl (C=O) groups excluding carboxylic acids is 1. The van der Waals surface area contributed by atoms with Gasteiger partial charge in [0.05, 0.1) is 0 Å². The Labute approximate surface area is 108 Å². The summed E-state index contributed by atoms with van der Waals surface area (Å²) < 4.78 is 0. The zero-order valence-corrected chi connectivity index (χ0v) is 10.3. The van der Waals surface area contributed by atoms with Crippen LogP contribution in [0, 0.1) is 0 Å². The van der Waals surface area contributed by atoms with Gasteiger partial charge in [0.1, 0.15) is 0 Å². The van der Waals surface area contributed by atoms with Crippen molar-refractivity contribution < 1.29 is 4.79 Å². The number of halogens is 1. The van der Waals surface area contributed by atoms with Gasteiger partial charge < -0.3 is 5.32 Å². The van der Waals surface area contributed by atoms with Gasteiger partial charge in [0.2, 0.25) is 0 Å². The van der Waals surface area contributed by atoms with Crippen LogP contribution in [-0.4, -0.2) is 5.91 Å². The molecule has 0 fully saturated rings. The summed E-state index contributed by atoms with van der Waals surface area (Å²) in [4.78, 5) is 11.8. The number of amides is 1. The minimum atomic E-state index is -0.0755. The predicted molar refractivity (Wildman–Crippen MR) is 72.3 cm³/mol. The van der Waals surface area contributed by atoms with Crippen molar-refractivity contribution >= 4 is 46.2 Å². The molecule has 0 unspecified atom stereocenters. The summed E-state index contributed by atoms with van der Waals surface area (Å²) in [7, 11) is 0. The van der Waals surface area contributed by atoms with E-state index in [1.54, 1.807) is 17.4 Å². The molecule has 0 saturated heterocycles. The quantitative estimate of drug-likeness (QED) is 0.775. The van der Waals surface area contributed by atoms with Crippen LogP contribution >= 0.6 is 22.9 Å². The van der Waals surface area contributed by atoms with E-state index in [1.807, 2.05) is 35.0 Å². The Kier molecular flexibility index (Phi) is 2.50. The molecule has 1 aliphatic rings. The molecule has 1 amide bonds. The van der Waals surface area contributed by atoms with Gasteiger partial charge >= 0.3 is 0 Å². The number of carbonyl (C=O) groups is 1. The molecule has 1 aromatic carbocycles. The van der Waals surface area contributed by atoms with Crippen molar-refractivity contribution in [3.63, 3.8) is 0 Å². The zero-order valence-electron chi connectivity index (χ0n) is 8.74. The van der Waals surface area contributed by atoms with Gasteiger partial charge in [0.15, 0.2) is 0 Å². The Morgan fingerprint density at radius 1 is 1.29 bits per heavy atom. The van der Waals surface area contributed by atoms with Gasteiger partial charge in [0, 0.05) is 21.8 Å². The fourth-order valence-electron chi connectivity index (χ4n) is 1.83. The normalized spacial score (nSPS) is 16.1. The van der Waals surface area contributed by atoms with E-state index in [9.17, 15) is 4.79 Å². The van der Waals surface area contributed by atoms with Crippen LogP contribution in [0.1, 0.15) is 11.1 Å². The maximum absolute atomic E-state index is 11.8. The van der Waals surface area contributed by atoms with E-state index in [0.29, 0.717) is 10.6 Å². The van der Waals surface area contributed by atoms with Crippen LogP contribution in [0.15, 0.2) is 35.0 Å². The SMILES string of the molecule is O=C1Nc2ccc(Cl)cc2C1=Cc1ccsc1. The number of rotatable bonds is 1. The number of nitrogens with one attached hydrogen (secondary N) is 1. The Hall–Kier alpha value is -1.58. The minimum Gasteiger partial charge on any atom is -0.321 e. The first-order valence-electron chi connectivity index (χ1n) is 5.09. The molecule has 0 radical (unpaired) electrons. The molecule has 3 rings (SSSR count). The van der Waals surface area contributed by atoms with Crippen LogP contribution in [0.3, 0.4) is 0 Å². The lowest BCUT2D eigenvalue weighted by Gasteiger charge is -1.98. The molecule has 2 aromatic rings. The standard InChI is InChI=1S/C13H8ClNOS/c14-9-1-2-12-10(6-9)11(13(16)15-12)5-8-3-4-17-7-8/h1-7H,(H,15,16). The summed E-state index contributed by atoms with van der Waals surface area (Å²) in [6.45, 7) is 0. The maximum Gasteiger partial charge on any atom is 0.256 e. The number of thiophene rings is 1. The van der Waals surface area contributed by atoms with Gasteiger partial charge in [-0.05, 0) is 46.7 Å². The van der Waals surface area contributed by atoms with Crippen LogP contribution in [0.4, 0.5) is 5.69 Å². The first-order chi connectivity index (χ1) is 8.24. The number of benzene rings is 1. The second kappa shape index (κ2) is 4.02. The topological polar surface area (TPSA) is 29.1 Å². The number of hydrogen-bond acceptors (Lipinski definition) is 2. The highest BCUT2D eigenvalue weighted by molar-refractivity contribution is 7.08. The smallest absolute Gasteiger partial charge is 0.256 e. The van der Waals surface area contributed by atoms with Crippen molar-refractivity contribution in [1.29, 1.82) is 0 Å². The Morgan fingerprint density at radius 2 is 2.18 bits per heavy atom. The second-order valence-electron chi connectivity index (χ2n) is 3.76. The average Bonchev–Trinajstić information content (AvgIpc) is 2.90. The summed E-state index contributed by atoms with van der Waals surface area (Å²) >= 11 is 7.56. The highest BCUT2D eigenvalue weighted by Crippen LogP contribution is 2.35. The maximum atomic E-state index is 11.8. The molecule has 0 saturated carbocycles. The summed E-state index contributed by atoms with van der Waals surface area (Å²) in [5.41, 5.74) is 3.39. The molecule has 17 heavy (non-hydrogen) atoms. The molecule has 0 bridgehead atoms. The van der Waals surface area contributed by atoms with E-state index >= 15 is 0 Å². The molecule has 0 aliphatic carbocycles. The molecule has 2 nitrogen and oxygen atoms in total. The third-order valence-electron chi connectivity index (χ3n) is 2.62. The Bertz CT molecular complexity index is 616. The van der Waals surface area contributed by atoms with Gasteiger partial charge in [-0.15, -0.1) is 0 Å². The van der Waals surface area contributed by atoms with Crippen LogP contribution in [-0.2, 0) is 4.79 Å². The lowest BCUT2D eigenvalue weighted by atomic mass is 10.1. The Balaban J connectivity index is 2.13. The van der Waals surface area contributed by atoms with Crippen LogP contribution in [0.2, 0.25) is 5.02 Å². The summed E-state index contributed by atoms with van der Waals surface area (Å²) in [6.07, 6.45) is 1.88. The van der Waals surface area contributed by atoms with Crippen LogP contribution in [0.5, 0.6) is 0 Å². The largest absolute Gasteiger partial charge is 0.321 e. The first-order valence-corrected chi connectivity index (χ1v) is 6.41. The van der Waals surface area contributed by atoms with E-state index in [4.69, 9.17) is 11.6 Å². The Morgan fingerprint density at radius 3 is 2.94 bits per heavy atom. The third kappa shape index (κ3) is 1.88. The summed E-state index contributed by atoms with van der Waals surface area (Å²) in [6, 6.07) is 7.39.